The predicted molar refractivity (Wildman–Crippen MR) is 78.5 cm³/mol. The number of benzene rings is 1. The summed E-state index contributed by atoms with van der Waals surface area (Å²) in [5.74, 6) is 0.0568. The molecule has 2 aromatic rings. The molecule has 1 heterocycles. The highest BCUT2D eigenvalue weighted by Gasteiger charge is 2.14. The highest BCUT2D eigenvalue weighted by molar-refractivity contribution is 7.90. The molecule has 7 heteroatoms. The number of sulfone groups is 1. The summed E-state index contributed by atoms with van der Waals surface area (Å²) in [4.78, 5) is 0. The van der Waals surface area contributed by atoms with Crippen LogP contribution in [0.1, 0.15) is 18.4 Å². The summed E-state index contributed by atoms with van der Waals surface area (Å²) in [6.07, 6.45) is -0.0211. The van der Waals surface area contributed by atoms with Crippen molar-refractivity contribution in [2.45, 2.75) is 19.3 Å². The van der Waals surface area contributed by atoms with Crippen molar-refractivity contribution in [2.75, 3.05) is 12.0 Å². The fourth-order valence-electron chi connectivity index (χ4n) is 2.21. The summed E-state index contributed by atoms with van der Waals surface area (Å²) in [5, 5.41) is 20.2. The minimum Gasteiger partial charge on any atom is -0.363 e. The Morgan fingerprint density at radius 1 is 1.30 bits per heavy atom. The predicted octanol–water partition coefficient (Wildman–Crippen LogP) is 1.71. The maximum absolute atomic E-state index is 11.2. The molecular formula is C13H16ClNO4S. The fourth-order valence-corrected chi connectivity index (χ4v) is 3.05. The molecule has 1 aromatic carbocycles. The quantitative estimate of drug-likeness (QED) is 0.823. The number of aryl methyl sites for hydroxylation is 1. The van der Waals surface area contributed by atoms with Crippen molar-refractivity contribution in [1.29, 1.82) is 0 Å². The van der Waals surface area contributed by atoms with Crippen LogP contribution in [-0.4, -0.2) is 35.2 Å². The summed E-state index contributed by atoms with van der Waals surface area (Å²) in [7, 11) is -3.03. The molecule has 5 nitrogen and oxygen atoms in total. The largest absolute Gasteiger partial charge is 0.363 e. The van der Waals surface area contributed by atoms with Gasteiger partial charge in [-0.15, -0.1) is 0 Å². The Morgan fingerprint density at radius 3 is 2.60 bits per heavy atom. The Labute approximate surface area is 122 Å². The van der Waals surface area contributed by atoms with Crippen molar-refractivity contribution in [3.8, 4) is 0 Å². The van der Waals surface area contributed by atoms with Crippen LogP contribution in [0.4, 0.5) is 0 Å². The number of aliphatic hydroxyl groups is 2. The molecule has 0 radical (unpaired) electrons. The number of hydrogen-bond acceptors (Lipinski definition) is 4. The summed E-state index contributed by atoms with van der Waals surface area (Å²) < 4.78 is 24.0. The SMILES string of the molecule is CS(=O)(=O)CCCn1c(C(O)O)cc2cc(Cl)ccc21. The third-order valence-electron chi connectivity index (χ3n) is 3.06. The van der Waals surface area contributed by atoms with E-state index in [0.29, 0.717) is 23.7 Å². The summed E-state index contributed by atoms with van der Waals surface area (Å²) in [6.45, 7) is 0.394. The number of halogens is 1. The van der Waals surface area contributed by atoms with Crippen LogP contribution in [0.15, 0.2) is 24.3 Å². The van der Waals surface area contributed by atoms with Gasteiger partial charge in [-0.1, -0.05) is 11.6 Å². The van der Waals surface area contributed by atoms with Crippen molar-refractivity contribution in [1.82, 2.24) is 4.57 Å². The number of aliphatic hydroxyl groups excluding tert-OH is 1. The normalized spacial score (nSPS) is 12.4. The average Bonchev–Trinajstić information content (AvgIpc) is 2.66. The molecule has 0 amide bonds. The van der Waals surface area contributed by atoms with Gasteiger partial charge in [-0.25, -0.2) is 8.42 Å². The lowest BCUT2D eigenvalue weighted by Gasteiger charge is -2.11. The molecule has 0 aliphatic rings. The van der Waals surface area contributed by atoms with Crippen LogP contribution in [0.25, 0.3) is 10.9 Å². The third-order valence-corrected chi connectivity index (χ3v) is 4.32. The Bertz CT molecular complexity index is 721. The molecule has 0 saturated carbocycles. The molecule has 0 saturated heterocycles. The zero-order valence-electron chi connectivity index (χ0n) is 11.0. The van der Waals surface area contributed by atoms with Gasteiger partial charge in [0, 0.05) is 28.7 Å². The lowest BCUT2D eigenvalue weighted by Crippen LogP contribution is -2.11. The maximum Gasteiger partial charge on any atom is 0.194 e. The van der Waals surface area contributed by atoms with Gasteiger partial charge < -0.3 is 14.8 Å². The Balaban J connectivity index is 2.36. The monoisotopic (exact) mass is 317 g/mol. The van der Waals surface area contributed by atoms with Crippen molar-refractivity contribution in [3.05, 3.63) is 35.0 Å². The van der Waals surface area contributed by atoms with E-state index in [-0.39, 0.29) is 5.75 Å². The molecule has 0 aliphatic heterocycles. The van der Waals surface area contributed by atoms with Gasteiger partial charge in [0.25, 0.3) is 0 Å². The van der Waals surface area contributed by atoms with Crippen LogP contribution in [0.2, 0.25) is 5.02 Å². The van der Waals surface area contributed by atoms with Gasteiger partial charge in [-0.05, 0) is 30.7 Å². The first-order chi connectivity index (χ1) is 9.28. The molecule has 2 rings (SSSR count). The van der Waals surface area contributed by atoms with E-state index < -0.39 is 16.1 Å². The number of fused-ring (bicyclic) bond motifs is 1. The molecule has 0 bridgehead atoms. The van der Waals surface area contributed by atoms with E-state index >= 15 is 0 Å². The number of hydrogen-bond donors (Lipinski definition) is 2. The van der Waals surface area contributed by atoms with E-state index in [9.17, 15) is 18.6 Å². The van der Waals surface area contributed by atoms with Crippen LogP contribution in [0.5, 0.6) is 0 Å². The summed E-state index contributed by atoms with van der Waals surface area (Å²) >= 11 is 5.91. The van der Waals surface area contributed by atoms with Crippen LogP contribution in [0, 0.1) is 0 Å². The van der Waals surface area contributed by atoms with E-state index in [2.05, 4.69) is 0 Å². The van der Waals surface area contributed by atoms with Gasteiger partial charge >= 0.3 is 0 Å². The van der Waals surface area contributed by atoms with Crippen LogP contribution >= 0.6 is 11.6 Å². The van der Waals surface area contributed by atoms with Gasteiger partial charge in [-0.3, -0.25) is 0 Å². The van der Waals surface area contributed by atoms with Crippen LogP contribution < -0.4 is 0 Å². The highest BCUT2D eigenvalue weighted by Crippen LogP contribution is 2.26. The topological polar surface area (TPSA) is 79.5 Å². The van der Waals surface area contributed by atoms with Crippen LogP contribution in [0.3, 0.4) is 0 Å². The molecule has 1 aromatic heterocycles. The number of nitrogens with zero attached hydrogens (tertiary/aromatic N) is 1. The standard InChI is InChI=1S/C13H16ClNO4S/c1-20(18,19)6-2-5-15-11-4-3-10(14)7-9(11)8-12(15)13(16)17/h3-4,7-8,13,16-17H,2,5-6H2,1H3. The average molecular weight is 318 g/mol. The maximum atomic E-state index is 11.2. The molecule has 110 valence electrons. The highest BCUT2D eigenvalue weighted by atomic mass is 35.5. The lowest BCUT2D eigenvalue weighted by molar-refractivity contribution is -0.0480. The van der Waals surface area contributed by atoms with Gasteiger partial charge in [0.05, 0.1) is 11.4 Å². The third kappa shape index (κ3) is 3.52. The summed E-state index contributed by atoms with van der Waals surface area (Å²) in [6, 6.07) is 6.87. The van der Waals surface area contributed by atoms with E-state index in [1.165, 1.54) is 6.26 Å². The lowest BCUT2D eigenvalue weighted by atomic mass is 10.2. The molecule has 2 N–H and O–H groups in total. The van der Waals surface area contributed by atoms with E-state index in [1.54, 1.807) is 28.8 Å². The molecule has 0 aliphatic carbocycles. The second kappa shape index (κ2) is 5.73. The minimum atomic E-state index is -3.03. The van der Waals surface area contributed by atoms with Gasteiger partial charge in [0.1, 0.15) is 9.84 Å². The fraction of sp³-hybridized carbons (Fsp3) is 0.385. The van der Waals surface area contributed by atoms with E-state index in [1.807, 2.05) is 0 Å². The first kappa shape index (κ1) is 15.3. The Kier molecular flexibility index (Phi) is 4.39. The molecule has 0 spiro atoms. The first-order valence-electron chi connectivity index (χ1n) is 6.10. The molecule has 0 fully saturated rings. The second-order valence-corrected chi connectivity index (χ2v) is 7.48. The van der Waals surface area contributed by atoms with Gasteiger partial charge in [0.15, 0.2) is 6.29 Å². The van der Waals surface area contributed by atoms with Crippen molar-refractivity contribution >= 4 is 32.3 Å². The van der Waals surface area contributed by atoms with Crippen molar-refractivity contribution in [2.24, 2.45) is 0 Å². The van der Waals surface area contributed by atoms with Crippen molar-refractivity contribution in [3.63, 3.8) is 0 Å². The van der Waals surface area contributed by atoms with Gasteiger partial charge in [-0.2, -0.15) is 0 Å². The number of aromatic nitrogens is 1. The zero-order chi connectivity index (χ0) is 14.9. The Hall–Kier alpha value is -1.08. The molecule has 20 heavy (non-hydrogen) atoms. The van der Waals surface area contributed by atoms with E-state index in [0.717, 1.165) is 10.9 Å². The van der Waals surface area contributed by atoms with Crippen molar-refractivity contribution < 1.29 is 18.6 Å². The minimum absolute atomic E-state index is 0.0568. The summed E-state index contributed by atoms with van der Waals surface area (Å²) in [5.41, 5.74) is 1.13. The zero-order valence-corrected chi connectivity index (χ0v) is 12.5. The second-order valence-electron chi connectivity index (χ2n) is 4.78. The Morgan fingerprint density at radius 2 is 2.00 bits per heavy atom. The molecular weight excluding hydrogens is 302 g/mol. The molecule has 0 unspecified atom stereocenters. The smallest absolute Gasteiger partial charge is 0.194 e. The number of rotatable bonds is 5. The van der Waals surface area contributed by atoms with Gasteiger partial charge in [0.2, 0.25) is 0 Å². The van der Waals surface area contributed by atoms with Crippen LogP contribution in [-0.2, 0) is 16.4 Å². The molecule has 0 atom stereocenters. The van der Waals surface area contributed by atoms with E-state index in [4.69, 9.17) is 11.6 Å². The first-order valence-corrected chi connectivity index (χ1v) is 8.54.